The molecule has 7 heterocycles. The molecule has 45 heavy (non-hydrogen) atoms. The van der Waals surface area contributed by atoms with Crippen LogP contribution < -0.4 is 17.0 Å². The maximum atomic E-state index is 13.5. The van der Waals surface area contributed by atoms with E-state index in [2.05, 4.69) is 54.4 Å². The van der Waals surface area contributed by atoms with Gasteiger partial charge in [0, 0.05) is 0 Å². The molecule has 0 aliphatic carbocycles. The number of nitrogens with one attached hydrogen (secondary N) is 1. The number of nitrogen functional groups attached to an aromatic ring is 2. The highest BCUT2D eigenvalue weighted by Crippen LogP contribution is 2.60. The van der Waals surface area contributed by atoms with Gasteiger partial charge in [-0.15, -0.1) is 0 Å². The minimum Gasteiger partial charge on any atom is -0.387 e. The van der Waals surface area contributed by atoms with Crippen LogP contribution in [0.4, 0.5) is 11.8 Å². The van der Waals surface area contributed by atoms with Crippen molar-refractivity contribution in [2.45, 2.75) is 49.1 Å². The van der Waals surface area contributed by atoms with Crippen LogP contribution in [-0.4, -0.2) is 99.1 Å². The minimum absolute atomic E-state index is 0.0378. The van der Waals surface area contributed by atoms with Crippen LogP contribution in [0.1, 0.15) is 12.5 Å². The zero-order chi connectivity index (χ0) is 31.8. The molecule has 4 aromatic rings. The summed E-state index contributed by atoms with van der Waals surface area (Å²) in [7, 11) is 0. The zero-order valence-corrected chi connectivity index (χ0v) is 26.0. The average molecular weight is 707 g/mol. The number of rotatable bonds is 2. The first kappa shape index (κ1) is 31.0. The van der Waals surface area contributed by atoms with Crippen LogP contribution in [0.2, 0.25) is 0 Å². The van der Waals surface area contributed by atoms with E-state index in [0.717, 1.165) is 0 Å². The summed E-state index contributed by atoms with van der Waals surface area (Å²) in [6.45, 7) is -9.87. The lowest BCUT2D eigenvalue weighted by atomic mass is 10.1. The average Bonchev–Trinajstić information content (AvgIpc) is 3.72. The number of nitrogens with zero attached hydrogens (tertiary/aromatic N) is 7. The van der Waals surface area contributed by atoms with Crippen molar-refractivity contribution in [1.82, 2.24) is 39.0 Å². The van der Waals surface area contributed by atoms with E-state index in [1.165, 1.54) is 28.1 Å². The van der Waals surface area contributed by atoms with Gasteiger partial charge in [-0.05, 0) is 0 Å². The molecule has 0 aromatic carbocycles. The molecule has 3 aliphatic heterocycles. The highest BCUT2D eigenvalue weighted by atomic mass is 32.7. The summed E-state index contributed by atoms with van der Waals surface area (Å²) in [5, 5.41) is 22.4. The van der Waals surface area contributed by atoms with E-state index in [1.807, 2.05) is 0 Å². The molecular weight excluding hydrogens is 682 g/mol. The monoisotopic (exact) mass is 706 g/mol. The van der Waals surface area contributed by atoms with E-state index in [1.54, 1.807) is 0 Å². The molecule has 25 heteroatoms. The number of anilines is 2. The first-order valence-corrected chi connectivity index (χ1v) is 18.3. The third-order valence-corrected chi connectivity index (χ3v) is 10.6. The number of aliphatic hydroxyl groups excluding tert-OH is 2. The predicted octanol–water partition coefficient (Wildman–Crippen LogP) is -0.467. The minimum atomic E-state index is -4.38. The van der Waals surface area contributed by atoms with E-state index in [-0.39, 0.29) is 34.1 Å². The van der Waals surface area contributed by atoms with E-state index in [0.29, 0.717) is 0 Å². The van der Waals surface area contributed by atoms with Crippen molar-refractivity contribution >= 4 is 72.2 Å². The van der Waals surface area contributed by atoms with Crippen LogP contribution in [0.5, 0.6) is 0 Å². The second-order valence-electron chi connectivity index (χ2n) is 10.1. The largest absolute Gasteiger partial charge is 0.387 e. The summed E-state index contributed by atoms with van der Waals surface area (Å²) >= 11 is 8.12. The first-order valence-electron chi connectivity index (χ1n) is 13.0. The Balaban J connectivity index is 1.21. The Morgan fingerprint density at radius 2 is 1.47 bits per heavy atom. The molecule has 3 saturated heterocycles. The molecule has 3 unspecified atom stereocenters. The summed E-state index contributed by atoms with van der Waals surface area (Å²) in [6.07, 6.45) is -7.44. The molecular formula is C20H24N10O11P2S2. The SMILES string of the molecule is Nc1nc2c(ncn2[C@@H]2O[C@@H]3COP(=O)(S)O[C@@H]4C(COP(=O)(S)O[C@@H]2[C@@H]3O)O[C@@H](n2cnc3c(N)ncnc32)[C@@H]4O)c(=O)[nH]1. The molecule has 4 aromatic heterocycles. The molecule has 3 fully saturated rings. The van der Waals surface area contributed by atoms with Gasteiger partial charge in [0.1, 0.15) is 48.5 Å². The van der Waals surface area contributed by atoms with Crippen molar-refractivity contribution in [3.8, 4) is 0 Å². The lowest BCUT2D eigenvalue weighted by Gasteiger charge is -2.26. The molecule has 3 aliphatic rings. The zero-order valence-electron chi connectivity index (χ0n) is 22.4. The van der Waals surface area contributed by atoms with Crippen molar-refractivity contribution in [3.63, 3.8) is 0 Å². The fourth-order valence-corrected chi connectivity index (χ4v) is 8.25. The number of H-pyrrole nitrogens is 1. The molecule has 0 spiro atoms. The topological polar surface area (TPSA) is 289 Å². The van der Waals surface area contributed by atoms with E-state index >= 15 is 0 Å². The van der Waals surface area contributed by atoms with Gasteiger partial charge in [-0.3, -0.25) is 37.0 Å². The van der Waals surface area contributed by atoms with Crippen LogP contribution in [-0.2, 0) is 36.7 Å². The Bertz CT molecular complexity index is 1940. The number of ether oxygens (including phenoxy) is 2. The maximum absolute atomic E-state index is 13.5. The number of nitrogens with two attached hydrogens (primary N) is 2. The Morgan fingerprint density at radius 1 is 0.844 bits per heavy atom. The number of aliphatic hydroxyl groups is 2. The van der Waals surface area contributed by atoms with E-state index in [9.17, 15) is 24.1 Å². The third-order valence-electron chi connectivity index (χ3n) is 7.32. The van der Waals surface area contributed by atoms with Crippen LogP contribution in [0.25, 0.3) is 22.3 Å². The fraction of sp³-hybridized carbons (Fsp3) is 0.500. The molecule has 0 radical (unpaired) electrons. The van der Waals surface area contributed by atoms with Crippen LogP contribution >= 0.6 is 38.1 Å². The van der Waals surface area contributed by atoms with Gasteiger partial charge in [0.15, 0.2) is 35.1 Å². The number of thiol groups is 2. The Hall–Kier alpha value is -2.66. The van der Waals surface area contributed by atoms with Crippen molar-refractivity contribution in [3.05, 3.63) is 29.3 Å². The van der Waals surface area contributed by atoms with Crippen molar-refractivity contribution in [1.29, 1.82) is 0 Å². The highest BCUT2D eigenvalue weighted by Gasteiger charge is 2.53. The number of fused-ring (bicyclic) bond motifs is 5. The second-order valence-corrected chi connectivity index (χ2v) is 15.9. The van der Waals surface area contributed by atoms with Crippen molar-refractivity contribution in [2.24, 2.45) is 0 Å². The van der Waals surface area contributed by atoms with Crippen LogP contribution in [0, 0.1) is 0 Å². The summed E-state index contributed by atoms with van der Waals surface area (Å²) in [5.74, 6) is -0.142. The lowest BCUT2D eigenvalue weighted by molar-refractivity contribution is -0.0575. The van der Waals surface area contributed by atoms with Gasteiger partial charge in [0.2, 0.25) is 5.95 Å². The molecule has 21 nitrogen and oxygen atoms in total. The number of hydrogen-bond acceptors (Lipinski definition) is 18. The fourth-order valence-electron chi connectivity index (χ4n) is 5.30. The molecule has 0 amide bonds. The van der Waals surface area contributed by atoms with Crippen LogP contribution in [0.3, 0.4) is 0 Å². The second kappa shape index (κ2) is 11.2. The number of hydrogen-bond donors (Lipinski definition) is 7. The summed E-state index contributed by atoms with van der Waals surface area (Å²) in [4.78, 5) is 34.9. The molecule has 10 atom stereocenters. The molecule has 242 valence electrons. The standard InChI is InChI=1S/C20H24N10O11P2S2/c21-14-8-15(24-3-23-14)29(4-25-8)18-11(32)12-7(39-18)2-37-43(35,45)41-13-10(31)6(1-36-42(34,44)40-12)38-19(13)30-5-26-9-16(30)27-20(22)28-17(9)33/h3-7,10-13,18-19,31-32H,1-2H2,(H,34,44)(H,35,45)(H2,21,23,24)(H3,22,27,28,33)/t6-,7?,10-,11-,12-,13-,18-,19-,42?,43?/m1/s1. The van der Waals surface area contributed by atoms with Crippen LogP contribution in [0.15, 0.2) is 23.8 Å². The molecule has 2 bridgehead atoms. The molecule has 7 N–H and O–H groups in total. The Labute approximate surface area is 260 Å². The number of imidazole rings is 2. The van der Waals surface area contributed by atoms with Gasteiger partial charge in [-0.25, -0.2) is 29.1 Å². The van der Waals surface area contributed by atoms with E-state index in [4.69, 9.17) is 39.0 Å². The highest BCUT2D eigenvalue weighted by molar-refractivity contribution is 8.44. The third kappa shape index (κ3) is 5.55. The molecule has 7 rings (SSSR count). The first-order chi connectivity index (χ1) is 21.3. The predicted molar refractivity (Wildman–Crippen MR) is 157 cm³/mol. The molecule has 0 saturated carbocycles. The Kier molecular flexibility index (Phi) is 7.74. The summed E-state index contributed by atoms with van der Waals surface area (Å²) < 4.78 is 63.7. The summed E-state index contributed by atoms with van der Waals surface area (Å²) in [6, 6.07) is 0. The lowest BCUT2D eigenvalue weighted by Crippen LogP contribution is -2.35. The number of aromatic amines is 1. The normalized spacial score (nSPS) is 37.7. The van der Waals surface area contributed by atoms with Gasteiger partial charge >= 0.3 is 13.6 Å². The maximum Gasteiger partial charge on any atom is 0.386 e. The quantitative estimate of drug-likeness (QED) is 0.102. The summed E-state index contributed by atoms with van der Waals surface area (Å²) in [5.41, 5.74) is 11.2. The smallest absolute Gasteiger partial charge is 0.386 e. The van der Waals surface area contributed by atoms with Gasteiger partial charge in [0.05, 0.1) is 25.9 Å². The number of aromatic nitrogens is 8. The van der Waals surface area contributed by atoms with E-state index < -0.39 is 81.4 Å². The van der Waals surface area contributed by atoms with Gasteiger partial charge < -0.3 is 31.2 Å². The van der Waals surface area contributed by atoms with Gasteiger partial charge in [-0.2, -0.15) is 4.98 Å². The van der Waals surface area contributed by atoms with Gasteiger partial charge in [0.25, 0.3) is 5.56 Å². The van der Waals surface area contributed by atoms with Crippen molar-refractivity contribution < 1.29 is 46.9 Å². The Morgan fingerprint density at radius 3 is 2.20 bits per heavy atom. The van der Waals surface area contributed by atoms with Crippen molar-refractivity contribution in [2.75, 3.05) is 24.7 Å². The van der Waals surface area contributed by atoms with Gasteiger partial charge in [-0.1, -0.05) is 24.5 Å².